The molecule has 1 unspecified atom stereocenters. The van der Waals surface area contributed by atoms with E-state index in [4.69, 9.17) is 0 Å². The van der Waals surface area contributed by atoms with Crippen LogP contribution < -0.4 is 0 Å². The Kier molecular flexibility index (Phi) is 3.52. The van der Waals surface area contributed by atoms with Crippen molar-refractivity contribution in [1.29, 1.82) is 0 Å². The van der Waals surface area contributed by atoms with Crippen molar-refractivity contribution < 1.29 is 0 Å². The number of fused-ring (bicyclic) bond motifs is 1. The Bertz CT molecular complexity index is 488. The Morgan fingerprint density at radius 1 is 1.38 bits per heavy atom. The first-order chi connectivity index (χ1) is 7.65. The minimum absolute atomic E-state index is 0.540. The van der Waals surface area contributed by atoms with Gasteiger partial charge in [-0.1, -0.05) is 36.4 Å². The Labute approximate surface area is 110 Å². The third-order valence-electron chi connectivity index (χ3n) is 2.99. The maximum absolute atomic E-state index is 4.24. The lowest BCUT2D eigenvalue weighted by atomic mass is 10.0. The molecule has 2 aromatic heterocycles. The lowest BCUT2D eigenvalue weighted by Crippen LogP contribution is -2.04. The molecule has 0 aliphatic carbocycles. The van der Waals surface area contributed by atoms with Crippen LogP contribution >= 0.6 is 22.6 Å². The molecule has 0 aromatic carbocycles. The summed E-state index contributed by atoms with van der Waals surface area (Å²) < 4.78 is 3.50. The first-order valence-electron chi connectivity index (χ1n) is 5.65. The highest BCUT2D eigenvalue weighted by atomic mass is 127. The van der Waals surface area contributed by atoms with Gasteiger partial charge < -0.3 is 4.57 Å². The largest absolute Gasteiger partial charge is 0.344 e. The lowest BCUT2D eigenvalue weighted by Gasteiger charge is -2.11. The predicted molar refractivity (Wildman–Crippen MR) is 77.4 cm³/mol. The molecule has 0 aliphatic heterocycles. The van der Waals surface area contributed by atoms with Gasteiger partial charge in [0.25, 0.3) is 0 Å². The SMILES string of the molecule is CC(C)c1cn(C(C)CI)c2ccncc12. The van der Waals surface area contributed by atoms with E-state index in [1.807, 2.05) is 12.4 Å². The molecule has 0 bridgehead atoms. The van der Waals surface area contributed by atoms with Crippen LogP contribution in [0.1, 0.15) is 38.3 Å². The van der Waals surface area contributed by atoms with Crippen molar-refractivity contribution in [3.63, 3.8) is 0 Å². The monoisotopic (exact) mass is 328 g/mol. The summed E-state index contributed by atoms with van der Waals surface area (Å²) in [6.07, 6.45) is 6.16. The number of rotatable bonds is 3. The van der Waals surface area contributed by atoms with E-state index in [0.29, 0.717) is 12.0 Å². The van der Waals surface area contributed by atoms with Crippen LogP contribution in [-0.4, -0.2) is 14.0 Å². The molecule has 2 nitrogen and oxygen atoms in total. The molecule has 0 spiro atoms. The van der Waals surface area contributed by atoms with Crippen LogP contribution in [0.2, 0.25) is 0 Å². The van der Waals surface area contributed by atoms with Crippen LogP contribution in [0.25, 0.3) is 10.9 Å². The van der Waals surface area contributed by atoms with Crippen LogP contribution in [0.5, 0.6) is 0 Å². The fourth-order valence-corrected chi connectivity index (χ4v) is 2.45. The second-order valence-electron chi connectivity index (χ2n) is 4.54. The van der Waals surface area contributed by atoms with E-state index in [1.165, 1.54) is 16.5 Å². The molecule has 0 amide bonds. The second kappa shape index (κ2) is 4.73. The van der Waals surface area contributed by atoms with Gasteiger partial charge in [-0.3, -0.25) is 4.98 Å². The molecule has 2 heterocycles. The van der Waals surface area contributed by atoms with Gasteiger partial charge in [0.15, 0.2) is 0 Å². The highest BCUT2D eigenvalue weighted by Gasteiger charge is 2.13. The van der Waals surface area contributed by atoms with Crippen molar-refractivity contribution in [2.24, 2.45) is 0 Å². The van der Waals surface area contributed by atoms with Crippen molar-refractivity contribution in [3.8, 4) is 0 Å². The quantitative estimate of drug-likeness (QED) is 0.611. The summed E-state index contributed by atoms with van der Waals surface area (Å²) in [6, 6.07) is 2.65. The van der Waals surface area contributed by atoms with Crippen molar-refractivity contribution in [3.05, 3.63) is 30.2 Å². The number of pyridine rings is 1. The Hall–Kier alpha value is -0.580. The third kappa shape index (κ3) is 1.97. The fraction of sp³-hybridized carbons (Fsp3) is 0.462. The molecule has 0 radical (unpaired) electrons. The summed E-state index contributed by atoms with van der Waals surface area (Å²) >= 11 is 2.44. The summed E-state index contributed by atoms with van der Waals surface area (Å²) in [5, 5.41) is 1.30. The van der Waals surface area contributed by atoms with Crippen LogP contribution in [-0.2, 0) is 0 Å². The summed E-state index contributed by atoms with van der Waals surface area (Å²) in [6.45, 7) is 6.73. The molecule has 16 heavy (non-hydrogen) atoms. The van der Waals surface area contributed by atoms with Gasteiger partial charge in [-0.2, -0.15) is 0 Å². The number of hydrogen-bond acceptors (Lipinski definition) is 1. The number of nitrogens with zero attached hydrogens (tertiary/aromatic N) is 2. The fourth-order valence-electron chi connectivity index (χ4n) is 2.02. The van der Waals surface area contributed by atoms with E-state index in [0.717, 1.165) is 4.43 Å². The molecular formula is C13H17IN2. The zero-order valence-electron chi connectivity index (χ0n) is 9.94. The van der Waals surface area contributed by atoms with Crippen molar-refractivity contribution >= 4 is 33.5 Å². The summed E-state index contributed by atoms with van der Waals surface area (Å²) in [4.78, 5) is 4.24. The van der Waals surface area contributed by atoms with E-state index in [-0.39, 0.29) is 0 Å². The van der Waals surface area contributed by atoms with E-state index in [9.17, 15) is 0 Å². The molecule has 2 aromatic rings. The lowest BCUT2D eigenvalue weighted by molar-refractivity contribution is 0.636. The van der Waals surface area contributed by atoms with Crippen molar-refractivity contribution in [2.45, 2.75) is 32.7 Å². The average Bonchev–Trinajstić information content (AvgIpc) is 2.67. The Morgan fingerprint density at radius 2 is 2.12 bits per heavy atom. The minimum Gasteiger partial charge on any atom is -0.344 e. The van der Waals surface area contributed by atoms with Gasteiger partial charge in [-0.25, -0.2) is 0 Å². The molecular weight excluding hydrogens is 311 g/mol. The van der Waals surface area contributed by atoms with Gasteiger partial charge in [0.2, 0.25) is 0 Å². The van der Waals surface area contributed by atoms with Gasteiger partial charge in [0, 0.05) is 34.4 Å². The molecule has 2 rings (SSSR count). The zero-order chi connectivity index (χ0) is 11.7. The molecule has 0 N–H and O–H groups in total. The summed E-state index contributed by atoms with van der Waals surface area (Å²) in [5.74, 6) is 0.550. The third-order valence-corrected chi connectivity index (χ3v) is 4.26. The predicted octanol–water partition coefficient (Wildman–Crippen LogP) is 4.16. The standard InChI is InChI=1S/C13H17IN2/c1-9(2)12-8-16(10(3)6-14)13-4-5-15-7-11(12)13/h4-5,7-10H,6H2,1-3H3. The van der Waals surface area contributed by atoms with Crippen molar-refractivity contribution in [1.82, 2.24) is 9.55 Å². The van der Waals surface area contributed by atoms with Crippen molar-refractivity contribution in [2.75, 3.05) is 4.43 Å². The number of aromatic nitrogens is 2. The zero-order valence-corrected chi connectivity index (χ0v) is 12.1. The van der Waals surface area contributed by atoms with Crippen LogP contribution in [0, 0.1) is 0 Å². The van der Waals surface area contributed by atoms with Crippen LogP contribution in [0.4, 0.5) is 0 Å². The minimum atomic E-state index is 0.540. The topological polar surface area (TPSA) is 17.8 Å². The number of halogens is 1. The van der Waals surface area contributed by atoms with Gasteiger partial charge in [0.05, 0.1) is 5.52 Å². The molecule has 1 atom stereocenters. The molecule has 0 saturated carbocycles. The molecule has 0 fully saturated rings. The highest BCUT2D eigenvalue weighted by Crippen LogP contribution is 2.29. The second-order valence-corrected chi connectivity index (χ2v) is 5.42. The van der Waals surface area contributed by atoms with E-state index < -0.39 is 0 Å². The average molecular weight is 328 g/mol. The number of hydrogen-bond donors (Lipinski definition) is 0. The summed E-state index contributed by atoms with van der Waals surface area (Å²) in [7, 11) is 0. The van der Waals surface area contributed by atoms with E-state index >= 15 is 0 Å². The Morgan fingerprint density at radius 3 is 2.75 bits per heavy atom. The van der Waals surface area contributed by atoms with Crippen LogP contribution in [0.3, 0.4) is 0 Å². The molecule has 0 saturated heterocycles. The normalized spacial score (nSPS) is 13.6. The number of alkyl halides is 1. The highest BCUT2D eigenvalue weighted by molar-refractivity contribution is 14.1. The first kappa shape index (κ1) is 11.9. The maximum Gasteiger partial charge on any atom is 0.0517 e. The van der Waals surface area contributed by atoms with E-state index in [1.54, 1.807) is 0 Å². The summed E-state index contributed by atoms with van der Waals surface area (Å²) in [5.41, 5.74) is 2.71. The molecule has 3 heteroatoms. The van der Waals surface area contributed by atoms with Gasteiger partial charge >= 0.3 is 0 Å². The van der Waals surface area contributed by atoms with E-state index in [2.05, 4.69) is 65.2 Å². The smallest absolute Gasteiger partial charge is 0.0517 e. The molecule has 86 valence electrons. The maximum atomic E-state index is 4.24. The van der Waals surface area contributed by atoms with Crippen LogP contribution in [0.15, 0.2) is 24.7 Å². The van der Waals surface area contributed by atoms with Gasteiger partial charge in [-0.05, 0) is 24.5 Å². The molecule has 0 aliphatic rings. The Balaban J connectivity index is 2.66. The first-order valence-corrected chi connectivity index (χ1v) is 7.18. The van der Waals surface area contributed by atoms with Gasteiger partial charge in [0.1, 0.15) is 0 Å². The van der Waals surface area contributed by atoms with Gasteiger partial charge in [-0.15, -0.1) is 0 Å².